The van der Waals surface area contributed by atoms with Crippen LogP contribution in [-0.4, -0.2) is 19.7 Å². The number of rotatable bonds is 8. The first-order valence-electron chi connectivity index (χ1n) is 6.02. The summed E-state index contributed by atoms with van der Waals surface area (Å²) in [6.45, 7) is 4.42. The maximum Gasteiger partial charge on any atom is 0.166 e. The standard InChI is InChI=1S/C13H19BrFNO/c1-2-3-4-7-16-8-9-17-13-6-5-11(14)10-12(13)15/h5-6,10,16H,2-4,7-9H2,1H3. The van der Waals surface area contributed by atoms with Gasteiger partial charge in [-0.05, 0) is 31.2 Å². The van der Waals surface area contributed by atoms with Crippen LogP contribution < -0.4 is 10.1 Å². The van der Waals surface area contributed by atoms with Crippen molar-refractivity contribution in [1.29, 1.82) is 0 Å². The van der Waals surface area contributed by atoms with Gasteiger partial charge in [0.1, 0.15) is 6.61 Å². The maximum absolute atomic E-state index is 13.4. The normalized spacial score (nSPS) is 10.5. The molecule has 0 aliphatic carbocycles. The van der Waals surface area contributed by atoms with E-state index in [0.717, 1.165) is 17.6 Å². The molecular formula is C13H19BrFNO. The van der Waals surface area contributed by atoms with E-state index in [0.29, 0.717) is 12.4 Å². The molecule has 0 saturated heterocycles. The second-order valence-corrected chi connectivity index (χ2v) is 4.80. The van der Waals surface area contributed by atoms with Gasteiger partial charge in [-0.25, -0.2) is 4.39 Å². The van der Waals surface area contributed by atoms with Gasteiger partial charge in [0.2, 0.25) is 0 Å². The molecule has 0 radical (unpaired) electrons. The molecule has 0 amide bonds. The first-order valence-corrected chi connectivity index (χ1v) is 6.82. The largest absolute Gasteiger partial charge is 0.489 e. The molecule has 1 aromatic rings. The van der Waals surface area contributed by atoms with Crippen molar-refractivity contribution in [2.75, 3.05) is 19.7 Å². The Morgan fingerprint density at radius 2 is 2.12 bits per heavy atom. The third kappa shape index (κ3) is 6.03. The molecule has 0 atom stereocenters. The molecule has 1 rings (SSSR count). The van der Waals surface area contributed by atoms with Crippen LogP contribution in [0.15, 0.2) is 22.7 Å². The Morgan fingerprint density at radius 1 is 1.29 bits per heavy atom. The predicted octanol–water partition coefficient (Wildman–Crippen LogP) is 3.75. The van der Waals surface area contributed by atoms with Crippen molar-refractivity contribution in [3.8, 4) is 5.75 Å². The fourth-order valence-corrected chi connectivity index (χ4v) is 1.78. The minimum absolute atomic E-state index is 0.309. The maximum atomic E-state index is 13.4. The molecule has 96 valence electrons. The lowest BCUT2D eigenvalue weighted by molar-refractivity contribution is 0.298. The zero-order chi connectivity index (χ0) is 12.5. The lowest BCUT2D eigenvalue weighted by Gasteiger charge is -2.08. The summed E-state index contributed by atoms with van der Waals surface area (Å²) < 4.78 is 19.4. The van der Waals surface area contributed by atoms with E-state index in [9.17, 15) is 4.39 Å². The van der Waals surface area contributed by atoms with Gasteiger partial charge in [0.05, 0.1) is 0 Å². The Bertz CT molecular complexity index is 333. The number of nitrogens with one attached hydrogen (secondary N) is 1. The van der Waals surface area contributed by atoms with Crippen LogP contribution in [0.5, 0.6) is 5.75 Å². The van der Waals surface area contributed by atoms with E-state index in [1.54, 1.807) is 12.1 Å². The third-order valence-electron chi connectivity index (χ3n) is 2.39. The number of unbranched alkanes of at least 4 members (excludes halogenated alkanes) is 2. The Hall–Kier alpha value is -0.610. The summed E-state index contributed by atoms with van der Waals surface area (Å²) in [5, 5.41) is 3.26. The molecule has 0 aliphatic heterocycles. The number of hydrogen-bond acceptors (Lipinski definition) is 2. The fraction of sp³-hybridized carbons (Fsp3) is 0.538. The van der Waals surface area contributed by atoms with E-state index in [4.69, 9.17) is 4.74 Å². The smallest absolute Gasteiger partial charge is 0.166 e. The number of halogens is 2. The monoisotopic (exact) mass is 303 g/mol. The lowest BCUT2D eigenvalue weighted by atomic mass is 10.2. The molecule has 1 aromatic carbocycles. The van der Waals surface area contributed by atoms with Gasteiger partial charge in [0.25, 0.3) is 0 Å². The Kier molecular flexibility index (Phi) is 7.21. The molecule has 0 saturated carbocycles. The van der Waals surface area contributed by atoms with Crippen molar-refractivity contribution in [3.63, 3.8) is 0 Å². The van der Waals surface area contributed by atoms with Crippen molar-refractivity contribution in [3.05, 3.63) is 28.5 Å². The average Bonchev–Trinajstić information content (AvgIpc) is 2.30. The first-order chi connectivity index (χ1) is 8.24. The second kappa shape index (κ2) is 8.48. The molecule has 0 spiro atoms. The van der Waals surface area contributed by atoms with E-state index in [1.165, 1.54) is 25.3 Å². The van der Waals surface area contributed by atoms with Crippen LogP contribution in [-0.2, 0) is 0 Å². The number of ether oxygens (including phenoxy) is 1. The lowest BCUT2D eigenvalue weighted by Crippen LogP contribution is -2.22. The van der Waals surface area contributed by atoms with Gasteiger partial charge in [-0.1, -0.05) is 35.7 Å². The Balaban J connectivity index is 2.14. The van der Waals surface area contributed by atoms with Crippen LogP contribution >= 0.6 is 15.9 Å². The first kappa shape index (κ1) is 14.5. The molecule has 0 fully saturated rings. The Morgan fingerprint density at radius 3 is 2.82 bits per heavy atom. The third-order valence-corrected chi connectivity index (χ3v) is 2.88. The zero-order valence-corrected chi connectivity index (χ0v) is 11.7. The Labute approximate surface area is 111 Å². The van der Waals surface area contributed by atoms with Crippen LogP contribution in [0.4, 0.5) is 4.39 Å². The molecule has 17 heavy (non-hydrogen) atoms. The van der Waals surface area contributed by atoms with Crippen molar-refractivity contribution in [2.45, 2.75) is 26.2 Å². The highest BCUT2D eigenvalue weighted by molar-refractivity contribution is 9.10. The topological polar surface area (TPSA) is 21.3 Å². The molecule has 0 heterocycles. The van der Waals surface area contributed by atoms with Crippen molar-refractivity contribution in [1.82, 2.24) is 5.32 Å². The van der Waals surface area contributed by atoms with E-state index >= 15 is 0 Å². The van der Waals surface area contributed by atoms with Crippen molar-refractivity contribution in [2.24, 2.45) is 0 Å². The van der Waals surface area contributed by atoms with Gasteiger partial charge in [0.15, 0.2) is 11.6 Å². The minimum atomic E-state index is -0.328. The van der Waals surface area contributed by atoms with Crippen LogP contribution in [0.3, 0.4) is 0 Å². The zero-order valence-electron chi connectivity index (χ0n) is 10.1. The molecule has 1 N–H and O–H groups in total. The van der Waals surface area contributed by atoms with Gasteiger partial charge in [-0.2, -0.15) is 0 Å². The molecule has 0 bridgehead atoms. The van der Waals surface area contributed by atoms with Gasteiger partial charge in [-0.3, -0.25) is 0 Å². The van der Waals surface area contributed by atoms with Crippen molar-refractivity contribution >= 4 is 15.9 Å². The fourth-order valence-electron chi connectivity index (χ4n) is 1.45. The van der Waals surface area contributed by atoms with Crippen LogP contribution in [0.2, 0.25) is 0 Å². The molecular weight excluding hydrogens is 285 g/mol. The molecule has 2 nitrogen and oxygen atoms in total. The van der Waals surface area contributed by atoms with Crippen LogP contribution in [0, 0.1) is 5.82 Å². The van der Waals surface area contributed by atoms with Gasteiger partial charge >= 0.3 is 0 Å². The second-order valence-electron chi connectivity index (χ2n) is 3.88. The van der Waals surface area contributed by atoms with Crippen molar-refractivity contribution < 1.29 is 9.13 Å². The highest BCUT2D eigenvalue weighted by atomic mass is 79.9. The SMILES string of the molecule is CCCCCNCCOc1ccc(Br)cc1F. The van der Waals surface area contributed by atoms with Crippen LogP contribution in [0.25, 0.3) is 0 Å². The summed E-state index contributed by atoms with van der Waals surface area (Å²) in [7, 11) is 0. The molecule has 0 aromatic heterocycles. The quantitative estimate of drug-likeness (QED) is 0.739. The molecule has 4 heteroatoms. The summed E-state index contributed by atoms with van der Waals surface area (Å²) in [6.07, 6.45) is 3.65. The van der Waals surface area contributed by atoms with Crippen LogP contribution in [0.1, 0.15) is 26.2 Å². The summed E-state index contributed by atoms with van der Waals surface area (Å²) in [5.74, 6) is -0.0195. The highest BCUT2D eigenvalue weighted by Crippen LogP contribution is 2.21. The predicted molar refractivity (Wildman–Crippen MR) is 72.0 cm³/mol. The number of benzene rings is 1. The van der Waals surface area contributed by atoms with E-state index in [1.807, 2.05) is 0 Å². The summed E-state index contributed by atoms with van der Waals surface area (Å²) in [4.78, 5) is 0. The van der Waals surface area contributed by atoms with E-state index in [2.05, 4.69) is 28.2 Å². The average molecular weight is 304 g/mol. The molecule has 0 unspecified atom stereocenters. The van der Waals surface area contributed by atoms with E-state index in [-0.39, 0.29) is 5.82 Å². The summed E-state index contributed by atoms with van der Waals surface area (Å²) in [6, 6.07) is 4.81. The molecule has 0 aliphatic rings. The summed E-state index contributed by atoms with van der Waals surface area (Å²) in [5.41, 5.74) is 0. The van der Waals surface area contributed by atoms with E-state index < -0.39 is 0 Å². The highest BCUT2D eigenvalue weighted by Gasteiger charge is 2.02. The van der Waals surface area contributed by atoms with Gasteiger partial charge in [-0.15, -0.1) is 0 Å². The minimum Gasteiger partial charge on any atom is -0.489 e. The summed E-state index contributed by atoms with van der Waals surface area (Å²) >= 11 is 3.21. The van der Waals surface area contributed by atoms with Gasteiger partial charge in [0, 0.05) is 11.0 Å². The van der Waals surface area contributed by atoms with Gasteiger partial charge < -0.3 is 10.1 Å². The number of hydrogen-bond donors (Lipinski definition) is 1.